The van der Waals surface area contributed by atoms with Gasteiger partial charge >= 0.3 is 23.9 Å². The van der Waals surface area contributed by atoms with Crippen LogP contribution in [0.1, 0.15) is 61.3 Å². The first-order chi connectivity index (χ1) is 34.0. The number of unbranched alkanes of at least 4 members (excludes halogenated alkanes) is 1. The van der Waals surface area contributed by atoms with Crippen LogP contribution < -0.4 is 20.6 Å². The maximum Gasteiger partial charge on any atom is 0.317 e. The lowest BCUT2D eigenvalue weighted by Gasteiger charge is -2.38. The predicted molar refractivity (Wildman–Crippen MR) is 285 cm³/mol. The number of aliphatic carboxylic acids is 7. The van der Waals surface area contributed by atoms with Crippen LogP contribution in [0.4, 0.5) is 0 Å². The predicted octanol–water partition coefficient (Wildman–Crippen LogP) is -5.51. The SMILES string of the molecule is C.C.C.CC(=O)CCC(=O)NCCCCC1CN(CC(=O)[O-])CCN(CC(=O)[O-])CCN(CC(=O)O)CCN1CC(=O)O.C[B]P.O=C([O-])CN1CCN(CC(=O)O)CCN(CC(=O)O)CCN(CC(=O)[B]P)CC1. The first-order valence-electron chi connectivity index (χ1n) is 23.6. The molecule has 30 heteroatoms. The largest absolute Gasteiger partial charge is 0.549 e. The number of Topliss-reactive ketones (excluding diaryl/α,β-unsaturated/α-hetero) is 1. The summed E-state index contributed by atoms with van der Waals surface area (Å²) in [4.78, 5) is 127. The molecule has 2 heterocycles. The number of nitrogens with one attached hydrogen (secondary N) is 1. The minimum Gasteiger partial charge on any atom is -0.549 e. The molecule has 3 unspecified atom stereocenters. The molecule has 2 fully saturated rings. The van der Waals surface area contributed by atoms with Crippen LogP contribution in [0.25, 0.3) is 0 Å². The molecule has 0 aromatic carbocycles. The van der Waals surface area contributed by atoms with Crippen LogP contribution >= 0.6 is 18.2 Å². The third-order valence-corrected chi connectivity index (χ3v) is 11.5. The molecule has 2 aliphatic heterocycles. The number of nitrogens with zero attached hydrogens (tertiary/aromatic N) is 8. The van der Waals surface area contributed by atoms with Crippen molar-refractivity contribution in [3.8, 4) is 0 Å². The molecule has 0 saturated carbocycles. The first kappa shape index (κ1) is 77.3. The Balaban J connectivity index is -0.000000639. The highest BCUT2D eigenvalue weighted by molar-refractivity contribution is 7.62. The lowest BCUT2D eigenvalue weighted by Crippen LogP contribution is -2.54. The van der Waals surface area contributed by atoms with Gasteiger partial charge in [-0.2, -0.15) is 18.2 Å². The van der Waals surface area contributed by atoms with Crippen molar-refractivity contribution < 1.29 is 83.7 Å². The molecule has 2 rings (SSSR count). The normalized spacial score (nSPS) is 17.6. The second-order valence-corrected chi connectivity index (χ2v) is 18.2. The molecule has 2 radical (unpaired) electrons. The van der Waals surface area contributed by atoms with Crippen molar-refractivity contribution in [2.24, 2.45) is 0 Å². The highest BCUT2D eigenvalue weighted by Crippen LogP contribution is 2.13. The van der Waals surface area contributed by atoms with E-state index in [1.165, 1.54) is 13.9 Å². The lowest BCUT2D eigenvalue weighted by atomic mass is 10.0. The summed E-state index contributed by atoms with van der Waals surface area (Å²) >= 11 is 0. The lowest BCUT2D eigenvalue weighted by molar-refractivity contribution is -0.308. The number of carboxylic acid groups (broad SMARTS) is 7. The number of carbonyl (C=O) groups excluding carboxylic acids is 6. The van der Waals surface area contributed by atoms with Crippen molar-refractivity contribution >= 4 is 91.4 Å². The summed E-state index contributed by atoms with van der Waals surface area (Å²) in [6.07, 6.45) is 1.86. The fraction of sp³-hybridized carbons (Fsp3) is 0.778. The van der Waals surface area contributed by atoms with Crippen LogP contribution in [0.15, 0.2) is 0 Å². The molecule has 0 bridgehead atoms. The van der Waals surface area contributed by atoms with Crippen molar-refractivity contribution in [3.05, 3.63) is 0 Å². The molecule has 3 atom stereocenters. The second kappa shape index (κ2) is 45.9. The summed E-state index contributed by atoms with van der Waals surface area (Å²) < 4.78 is 0. The van der Waals surface area contributed by atoms with Crippen LogP contribution in [-0.4, -0.2) is 296 Å². The molecular formula is C45H86B2N9O17P2-3. The maximum absolute atomic E-state index is 11.9. The Morgan fingerprint density at radius 1 is 0.493 bits per heavy atom. The summed E-state index contributed by atoms with van der Waals surface area (Å²) in [6, 6.07) is -0.426. The molecule has 0 aromatic rings. The number of ketones is 1. The van der Waals surface area contributed by atoms with Crippen molar-refractivity contribution in [2.45, 2.75) is 74.2 Å². The first-order valence-corrected chi connectivity index (χ1v) is 24.9. The Bertz CT molecular complexity index is 1690. The fourth-order valence-electron chi connectivity index (χ4n) is 7.58. The van der Waals surface area contributed by atoms with E-state index in [4.69, 9.17) is 10.2 Å². The van der Waals surface area contributed by atoms with E-state index in [9.17, 15) is 73.5 Å². The molecule has 0 spiro atoms. The zero-order valence-corrected chi connectivity index (χ0v) is 43.9. The Morgan fingerprint density at radius 3 is 1.15 bits per heavy atom. The molecule has 26 nitrogen and oxygen atoms in total. The quantitative estimate of drug-likeness (QED) is 0.0323. The van der Waals surface area contributed by atoms with Gasteiger partial charge in [-0.1, -0.05) is 35.5 Å². The highest BCUT2D eigenvalue weighted by Gasteiger charge is 2.27. The van der Waals surface area contributed by atoms with Crippen molar-refractivity contribution in [3.63, 3.8) is 0 Å². The minimum atomic E-state index is -1.33. The van der Waals surface area contributed by atoms with Gasteiger partial charge in [-0.25, -0.2) is 0 Å². The average molecular weight is 1110 g/mol. The van der Waals surface area contributed by atoms with E-state index in [1.54, 1.807) is 34.3 Å². The molecule has 0 aromatic heterocycles. The zero-order valence-electron chi connectivity index (χ0n) is 41.6. The van der Waals surface area contributed by atoms with E-state index in [2.05, 4.69) is 23.6 Å². The van der Waals surface area contributed by atoms with Gasteiger partial charge in [0.2, 0.25) is 12.9 Å². The Hall–Kier alpha value is -4.23. The number of hydrogen-bond donors (Lipinski definition) is 5. The fourth-order valence-corrected chi connectivity index (χ4v) is 7.68. The summed E-state index contributed by atoms with van der Waals surface area (Å²) in [6.45, 7) is 9.14. The highest BCUT2D eigenvalue weighted by atomic mass is 31.0. The summed E-state index contributed by atoms with van der Waals surface area (Å²) in [5.41, 5.74) is -0.106. The molecule has 0 aliphatic carbocycles. The van der Waals surface area contributed by atoms with Crippen LogP contribution in [-0.2, 0) is 47.9 Å². The minimum absolute atomic E-state index is 0. The van der Waals surface area contributed by atoms with E-state index in [-0.39, 0.29) is 138 Å². The average Bonchev–Trinajstić information content (AvgIpc) is 3.26. The number of carboxylic acids is 7. The number of hydrogen-bond acceptors (Lipinski definition) is 21. The van der Waals surface area contributed by atoms with Crippen molar-refractivity contribution in [1.29, 1.82) is 0 Å². The number of amides is 1. The van der Waals surface area contributed by atoms with Crippen LogP contribution in [0, 0.1) is 0 Å². The molecular weight excluding hydrogens is 1020 g/mol. The summed E-state index contributed by atoms with van der Waals surface area (Å²) in [7, 11) is 4.70. The zero-order chi connectivity index (χ0) is 54.6. The third kappa shape index (κ3) is 43.6. The number of carbonyl (C=O) groups is 10. The smallest absolute Gasteiger partial charge is 0.317 e. The molecule has 432 valence electrons. The molecule has 2 saturated heterocycles. The van der Waals surface area contributed by atoms with Gasteiger partial charge in [0.15, 0.2) is 0 Å². The second-order valence-electron chi connectivity index (χ2n) is 17.2. The maximum atomic E-state index is 11.9. The van der Waals surface area contributed by atoms with E-state index < -0.39 is 60.9 Å². The van der Waals surface area contributed by atoms with E-state index in [0.29, 0.717) is 78.2 Å². The van der Waals surface area contributed by atoms with E-state index in [0.717, 1.165) is 0 Å². The van der Waals surface area contributed by atoms with Crippen LogP contribution in [0.2, 0.25) is 6.82 Å². The van der Waals surface area contributed by atoms with E-state index >= 15 is 0 Å². The molecule has 75 heavy (non-hydrogen) atoms. The summed E-state index contributed by atoms with van der Waals surface area (Å²) in [5.74, 6) is -8.36. The summed E-state index contributed by atoms with van der Waals surface area (Å²) in [5, 5.41) is 73.7. The van der Waals surface area contributed by atoms with Gasteiger partial charge in [0.25, 0.3) is 0 Å². The topological polar surface area (TPSA) is 359 Å². The monoisotopic (exact) mass is 1110 g/mol. The molecule has 2 aliphatic rings. The van der Waals surface area contributed by atoms with Crippen LogP contribution in [0.5, 0.6) is 0 Å². The van der Waals surface area contributed by atoms with Gasteiger partial charge in [-0.3, -0.25) is 63.2 Å². The molecule has 1 amide bonds. The van der Waals surface area contributed by atoms with Gasteiger partial charge in [0.05, 0.1) is 44.1 Å². The van der Waals surface area contributed by atoms with Crippen LogP contribution in [0.3, 0.4) is 0 Å². The van der Waals surface area contributed by atoms with Gasteiger partial charge < -0.3 is 65.0 Å². The van der Waals surface area contributed by atoms with Crippen molar-refractivity contribution in [2.75, 3.05) is 157 Å². The third-order valence-electron chi connectivity index (χ3n) is 11.1. The van der Waals surface area contributed by atoms with Gasteiger partial charge in [-0.05, 0) is 19.8 Å². The van der Waals surface area contributed by atoms with Gasteiger partial charge in [0.1, 0.15) is 18.5 Å². The Morgan fingerprint density at radius 2 is 0.813 bits per heavy atom. The van der Waals surface area contributed by atoms with E-state index in [1.807, 2.05) is 18.7 Å². The van der Waals surface area contributed by atoms with Gasteiger partial charge in [-0.15, -0.1) is 0 Å². The van der Waals surface area contributed by atoms with Crippen molar-refractivity contribution in [1.82, 2.24) is 44.5 Å². The Labute approximate surface area is 449 Å². The molecule has 5 N–H and O–H groups in total. The number of rotatable bonds is 25. The Kier molecular flexibility index (Phi) is 47.3. The standard InChI is InChI=1S/C25H43N5O10.C16H29BN4O7P.CH5BP.3CH4/c1-19(31)5-6-21(32)26-7-3-2-4-20-14-29(17-24(37)38)11-10-27(15-22(33)34)8-9-28(16-23(35)36)12-13-30(20)18-25(39)40;22-13(17-29)9-18-1-3-19(10-14(23)24)5-7-21(12-16(27)28)8-6-20(4-2-18)11-15(25)26;1-2-3;;;/h20H,2-18H2,1H3,(H,26,32)(H,33,34)(H,35,36)(H,37,38)(H,39,40);1-12,29H2,(H,23,24)(H,25,26)(H,27,28);3H2,1H3;3*1H4/p-3. The van der Waals surface area contributed by atoms with Gasteiger partial charge in [0, 0.05) is 150 Å².